The fourth-order valence-electron chi connectivity index (χ4n) is 3.63. The van der Waals surface area contributed by atoms with Gasteiger partial charge in [0.05, 0.1) is 45.4 Å². The van der Waals surface area contributed by atoms with Crippen LogP contribution in [0.1, 0.15) is 27.0 Å². The number of aryl methyl sites for hydroxylation is 1. The summed E-state index contributed by atoms with van der Waals surface area (Å²) in [5.74, 6) is 1.43. The molecule has 0 aliphatic rings. The molecule has 0 spiro atoms. The Morgan fingerprint density at radius 2 is 1.47 bits per heavy atom. The van der Waals surface area contributed by atoms with Gasteiger partial charge in [0.1, 0.15) is 23.0 Å². The highest BCUT2D eigenvalue weighted by molar-refractivity contribution is 7.93. The molecule has 9 heteroatoms. The number of nitrogens with one attached hydrogen (secondary N) is 1. The maximum Gasteiger partial charge on any atom is 0.187 e. The van der Waals surface area contributed by atoms with E-state index in [4.69, 9.17) is 18.9 Å². The van der Waals surface area contributed by atoms with E-state index in [-0.39, 0.29) is 11.5 Å². The lowest BCUT2D eigenvalue weighted by Gasteiger charge is -2.12. The average molecular weight is 538 g/mol. The van der Waals surface area contributed by atoms with E-state index >= 15 is 0 Å². The number of rotatable bonds is 12. The lowest BCUT2D eigenvalue weighted by atomic mass is 10.1. The molecule has 8 nitrogen and oxygen atoms in total. The Balaban J connectivity index is 1.78. The molecule has 3 aromatic carbocycles. The molecule has 0 atom stereocenters. The summed E-state index contributed by atoms with van der Waals surface area (Å²) in [6, 6.07) is 15.6. The maximum absolute atomic E-state index is 12.9. The van der Waals surface area contributed by atoms with Crippen molar-refractivity contribution in [3.05, 3.63) is 94.5 Å². The third-order valence-corrected chi connectivity index (χ3v) is 6.92. The molecule has 1 N–H and O–H groups in total. The number of ketones is 1. The molecule has 0 bridgehead atoms. The van der Waals surface area contributed by atoms with Crippen LogP contribution in [-0.4, -0.2) is 42.6 Å². The number of carbonyl (C=O) groups excluding carboxylic acids is 1. The molecular formula is C29H31NO7S. The van der Waals surface area contributed by atoms with Crippen LogP contribution in [-0.2, 0) is 15.6 Å². The zero-order valence-corrected chi connectivity index (χ0v) is 22.8. The summed E-state index contributed by atoms with van der Waals surface area (Å²) in [5.41, 5.74) is 3.16. The third kappa shape index (κ3) is 7.39. The Morgan fingerprint density at radius 3 is 2.05 bits per heavy atom. The summed E-state index contributed by atoms with van der Waals surface area (Å²) >= 11 is 0. The van der Waals surface area contributed by atoms with E-state index in [1.807, 2.05) is 19.1 Å². The zero-order chi connectivity index (χ0) is 27.7. The minimum atomic E-state index is -3.67. The number of methoxy groups -OCH3 is 4. The summed E-state index contributed by atoms with van der Waals surface area (Å²) in [4.78, 5) is 12.4. The average Bonchev–Trinajstić information content (AvgIpc) is 2.91. The van der Waals surface area contributed by atoms with Crippen LogP contribution < -0.4 is 24.3 Å². The van der Waals surface area contributed by atoms with Crippen LogP contribution in [0.25, 0.3) is 6.08 Å². The van der Waals surface area contributed by atoms with Gasteiger partial charge in [0.25, 0.3) is 0 Å². The van der Waals surface area contributed by atoms with Crippen molar-refractivity contribution in [3.8, 4) is 23.0 Å². The van der Waals surface area contributed by atoms with Crippen molar-refractivity contribution in [2.24, 2.45) is 0 Å². The number of allylic oxidation sites excluding steroid dienone is 1. The SMILES string of the molecule is COc1cc(OC)c(/C=C/S(=O)(=O)Cc2ccc(OC)c(N/C=C\C(=O)c3ccc(C)cc3)c2)c(OC)c1. The monoisotopic (exact) mass is 537 g/mol. The van der Waals surface area contributed by atoms with Crippen LogP contribution >= 0.6 is 0 Å². The van der Waals surface area contributed by atoms with Crippen LogP contribution in [0.15, 0.2) is 72.3 Å². The van der Waals surface area contributed by atoms with E-state index in [2.05, 4.69) is 5.32 Å². The zero-order valence-electron chi connectivity index (χ0n) is 22.0. The van der Waals surface area contributed by atoms with Crippen LogP contribution in [0.5, 0.6) is 23.0 Å². The quantitative estimate of drug-likeness (QED) is 0.241. The van der Waals surface area contributed by atoms with Gasteiger partial charge in [-0.05, 0) is 30.7 Å². The van der Waals surface area contributed by atoms with E-state index in [0.29, 0.717) is 45.4 Å². The van der Waals surface area contributed by atoms with Crippen molar-refractivity contribution in [2.45, 2.75) is 12.7 Å². The molecule has 0 amide bonds. The van der Waals surface area contributed by atoms with Gasteiger partial charge >= 0.3 is 0 Å². The van der Waals surface area contributed by atoms with Gasteiger partial charge in [0.15, 0.2) is 15.6 Å². The third-order valence-electron chi connectivity index (χ3n) is 5.64. The second-order valence-electron chi connectivity index (χ2n) is 8.30. The second-order valence-corrected chi connectivity index (χ2v) is 10.2. The standard InChI is InChI=1S/C29H31NO7S/c1-20-6-9-22(10-7-20)26(31)12-14-30-25-16-21(8-11-27(25)35-3)19-38(32,33)15-13-24-28(36-4)17-23(34-2)18-29(24)37-5/h6-18,30H,19H2,1-5H3/b14-12-,15-13+. The minimum absolute atomic E-state index is 0.162. The molecule has 0 heterocycles. The van der Waals surface area contributed by atoms with Gasteiger partial charge in [-0.25, -0.2) is 8.42 Å². The molecule has 0 aliphatic carbocycles. The maximum atomic E-state index is 12.9. The van der Waals surface area contributed by atoms with Gasteiger partial charge in [-0.2, -0.15) is 0 Å². The van der Waals surface area contributed by atoms with Crippen LogP contribution in [0.3, 0.4) is 0 Å². The number of hydrogen-bond donors (Lipinski definition) is 1. The number of carbonyl (C=O) groups is 1. The topological polar surface area (TPSA) is 100 Å². The van der Waals surface area contributed by atoms with E-state index in [1.165, 1.54) is 46.8 Å². The predicted octanol–water partition coefficient (Wildman–Crippen LogP) is 5.42. The molecule has 0 radical (unpaired) electrons. The number of hydrogen-bond acceptors (Lipinski definition) is 8. The first-order chi connectivity index (χ1) is 18.2. The van der Waals surface area contributed by atoms with Crippen molar-refractivity contribution < 1.29 is 32.2 Å². The molecule has 0 aliphatic heterocycles. The largest absolute Gasteiger partial charge is 0.496 e. The Hall–Kier alpha value is -4.24. The number of sulfone groups is 1. The highest BCUT2D eigenvalue weighted by atomic mass is 32.2. The number of anilines is 1. The van der Waals surface area contributed by atoms with Crippen molar-refractivity contribution >= 4 is 27.4 Å². The molecule has 3 rings (SSSR count). The minimum Gasteiger partial charge on any atom is -0.496 e. The summed E-state index contributed by atoms with van der Waals surface area (Å²) in [7, 11) is 2.32. The first-order valence-electron chi connectivity index (χ1n) is 11.6. The van der Waals surface area contributed by atoms with Gasteiger partial charge in [-0.1, -0.05) is 35.9 Å². The lowest BCUT2D eigenvalue weighted by Crippen LogP contribution is -2.02. The fourth-order valence-corrected chi connectivity index (χ4v) is 4.71. The predicted molar refractivity (Wildman–Crippen MR) is 149 cm³/mol. The Bertz CT molecular complexity index is 1420. The van der Waals surface area contributed by atoms with Crippen molar-refractivity contribution in [1.29, 1.82) is 0 Å². The van der Waals surface area contributed by atoms with Gasteiger partial charge in [0.2, 0.25) is 0 Å². The molecule has 0 aromatic heterocycles. The normalized spacial score (nSPS) is 11.5. The smallest absolute Gasteiger partial charge is 0.187 e. The molecule has 200 valence electrons. The van der Waals surface area contributed by atoms with Gasteiger partial charge in [-0.15, -0.1) is 0 Å². The first kappa shape index (κ1) is 28.3. The van der Waals surface area contributed by atoms with Crippen molar-refractivity contribution in [1.82, 2.24) is 0 Å². The molecule has 0 saturated carbocycles. The van der Waals surface area contributed by atoms with Crippen LogP contribution in [0.4, 0.5) is 5.69 Å². The number of benzene rings is 3. The van der Waals surface area contributed by atoms with Gasteiger partial charge < -0.3 is 24.3 Å². The summed E-state index contributed by atoms with van der Waals surface area (Å²) in [6.45, 7) is 1.95. The van der Waals surface area contributed by atoms with Gasteiger partial charge in [-0.3, -0.25) is 4.79 Å². The van der Waals surface area contributed by atoms with Crippen LogP contribution in [0.2, 0.25) is 0 Å². The van der Waals surface area contributed by atoms with Gasteiger partial charge in [0, 0.05) is 35.4 Å². The summed E-state index contributed by atoms with van der Waals surface area (Å²) in [5, 5.41) is 4.14. The lowest BCUT2D eigenvalue weighted by molar-refractivity contribution is 0.104. The highest BCUT2D eigenvalue weighted by Crippen LogP contribution is 2.35. The van der Waals surface area contributed by atoms with E-state index < -0.39 is 9.84 Å². The van der Waals surface area contributed by atoms with Crippen LogP contribution in [0, 0.1) is 6.92 Å². The Kier molecular flexibility index (Phi) is 9.56. The molecular weight excluding hydrogens is 506 g/mol. The second kappa shape index (κ2) is 12.8. The van der Waals surface area contributed by atoms with Crippen molar-refractivity contribution in [3.63, 3.8) is 0 Å². The van der Waals surface area contributed by atoms with Crippen molar-refractivity contribution in [2.75, 3.05) is 33.8 Å². The van der Waals surface area contributed by atoms with E-state index in [9.17, 15) is 13.2 Å². The van der Waals surface area contributed by atoms with E-state index in [1.54, 1.807) is 42.5 Å². The molecule has 38 heavy (non-hydrogen) atoms. The molecule has 3 aromatic rings. The molecule has 0 unspecified atom stereocenters. The molecule has 0 saturated heterocycles. The fraction of sp³-hybridized carbons (Fsp3) is 0.207. The van der Waals surface area contributed by atoms with E-state index in [0.717, 1.165) is 11.0 Å². The summed E-state index contributed by atoms with van der Waals surface area (Å²) in [6.07, 6.45) is 4.35. The highest BCUT2D eigenvalue weighted by Gasteiger charge is 2.15. The molecule has 0 fully saturated rings. The summed E-state index contributed by atoms with van der Waals surface area (Å²) < 4.78 is 47.3. The number of ether oxygens (including phenoxy) is 4. The Morgan fingerprint density at radius 1 is 0.842 bits per heavy atom. The Labute approximate surface area is 223 Å². The first-order valence-corrected chi connectivity index (χ1v) is 13.3.